The second kappa shape index (κ2) is 10.2. The van der Waals surface area contributed by atoms with E-state index < -0.39 is 11.6 Å². The van der Waals surface area contributed by atoms with E-state index in [-0.39, 0.29) is 23.5 Å². The number of amides is 1. The van der Waals surface area contributed by atoms with Crippen LogP contribution in [-0.2, 0) is 28.2 Å². The lowest BCUT2D eigenvalue weighted by atomic mass is 9.85. The molecule has 0 saturated carbocycles. The lowest BCUT2D eigenvalue weighted by molar-refractivity contribution is -0.155. The fourth-order valence-electron chi connectivity index (χ4n) is 4.72. The molecule has 6 nitrogen and oxygen atoms in total. The number of nitrogens with two attached hydrogens (primary N) is 1. The number of aliphatic carboxylic acids is 1. The molecule has 1 aliphatic heterocycles. The van der Waals surface area contributed by atoms with Gasteiger partial charge in [-0.15, -0.1) is 0 Å². The summed E-state index contributed by atoms with van der Waals surface area (Å²) < 4.78 is 0. The van der Waals surface area contributed by atoms with Crippen LogP contribution in [0.4, 0.5) is 0 Å². The Balaban J connectivity index is 1.44. The summed E-state index contributed by atoms with van der Waals surface area (Å²) in [5.74, 6) is -0.942. The number of rotatable bonds is 7. The second-order valence-corrected chi connectivity index (χ2v) is 8.86. The molecule has 1 fully saturated rings. The van der Waals surface area contributed by atoms with Gasteiger partial charge in [0.2, 0.25) is 11.5 Å². The van der Waals surface area contributed by atoms with Crippen molar-refractivity contribution in [2.45, 2.75) is 37.3 Å². The van der Waals surface area contributed by atoms with Crippen molar-refractivity contribution in [1.82, 2.24) is 4.90 Å². The second-order valence-electron chi connectivity index (χ2n) is 8.86. The molecule has 1 saturated heterocycles. The summed E-state index contributed by atoms with van der Waals surface area (Å²) in [5.41, 5.74) is 7.16. The maximum Gasteiger partial charge on any atom is 0.345 e. The van der Waals surface area contributed by atoms with Gasteiger partial charge < -0.3 is 20.8 Å². The number of benzene rings is 3. The Hall–Kier alpha value is -3.48. The van der Waals surface area contributed by atoms with Gasteiger partial charge in [0.25, 0.3) is 0 Å². The van der Waals surface area contributed by atoms with Gasteiger partial charge in [-0.25, -0.2) is 4.79 Å². The van der Waals surface area contributed by atoms with Gasteiger partial charge in [0.1, 0.15) is 0 Å². The number of nitrogens with zero attached hydrogens (tertiary/aromatic N) is 1. The molecular formula is C28H30N2O4. The predicted molar refractivity (Wildman–Crippen MR) is 130 cm³/mol. The SMILES string of the molecule is NCc1cccc(C2CCN(C(=O)Cc3cccc(C(O)(C(=O)O)c4ccccc4)c3)CC2)c1. The topological polar surface area (TPSA) is 104 Å². The number of likely N-dealkylation sites (tertiary alicyclic amines) is 1. The molecule has 6 heteroatoms. The molecule has 4 N–H and O–H groups in total. The summed E-state index contributed by atoms with van der Waals surface area (Å²) in [4.78, 5) is 26.9. The van der Waals surface area contributed by atoms with Crippen LogP contribution in [0.1, 0.15) is 46.6 Å². The molecule has 3 aromatic carbocycles. The van der Waals surface area contributed by atoms with Gasteiger partial charge in [-0.05, 0) is 46.6 Å². The standard InChI is InChI=1S/C28H30N2O4/c29-19-21-7-4-8-23(16-21)22-12-14-30(15-13-22)26(31)18-20-6-5-11-25(17-20)28(34,27(32)33)24-9-2-1-3-10-24/h1-11,16-17,22,34H,12-15,18-19,29H2,(H,32,33). The largest absolute Gasteiger partial charge is 0.479 e. The Morgan fingerprint density at radius 3 is 2.21 bits per heavy atom. The summed E-state index contributed by atoms with van der Waals surface area (Å²) in [5, 5.41) is 20.9. The number of hydrogen-bond acceptors (Lipinski definition) is 4. The fraction of sp³-hybridized carbons (Fsp3) is 0.286. The zero-order valence-electron chi connectivity index (χ0n) is 19.1. The van der Waals surface area contributed by atoms with Crippen LogP contribution >= 0.6 is 0 Å². The first-order chi connectivity index (χ1) is 16.4. The first-order valence-electron chi connectivity index (χ1n) is 11.6. The number of piperidine rings is 1. The molecule has 1 atom stereocenters. The van der Waals surface area contributed by atoms with Crippen LogP contribution in [0, 0.1) is 0 Å². The third-order valence-corrected chi connectivity index (χ3v) is 6.71. The van der Waals surface area contributed by atoms with Crippen molar-refractivity contribution in [2.24, 2.45) is 5.73 Å². The number of hydrogen-bond donors (Lipinski definition) is 3. The lowest BCUT2D eigenvalue weighted by Crippen LogP contribution is -2.39. The molecule has 1 amide bonds. The minimum atomic E-state index is -2.18. The smallest absolute Gasteiger partial charge is 0.345 e. The Bertz CT molecular complexity index is 1160. The summed E-state index contributed by atoms with van der Waals surface area (Å²) in [6, 6.07) is 23.3. The predicted octanol–water partition coefficient (Wildman–Crippen LogP) is 3.41. The minimum absolute atomic E-state index is 0.00452. The van der Waals surface area contributed by atoms with Gasteiger partial charge in [-0.2, -0.15) is 0 Å². The van der Waals surface area contributed by atoms with E-state index in [1.165, 1.54) is 5.56 Å². The summed E-state index contributed by atoms with van der Waals surface area (Å²) in [6.07, 6.45) is 1.95. The molecule has 0 bridgehead atoms. The maximum absolute atomic E-state index is 13.0. The Kier molecular flexibility index (Phi) is 7.10. The zero-order chi connectivity index (χ0) is 24.1. The van der Waals surface area contributed by atoms with Crippen LogP contribution < -0.4 is 5.73 Å². The monoisotopic (exact) mass is 458 g/mol. The number of aliphatic hydroxyl groups is 1. The molecular weight excluding hydrogens is 428 g/mol. The third-order valence-electron chi connectivity index (χ3n) is 6.71. The maximum atomic E-state index is 13.0. The van der Waals surface area contributed by atoms with Crippen molar-refractivity contribution >= 4 is 11.9 Å². The van der Waals surface area contributed by atoms with Crippen molar-refractivity contribution in [3.05, 3.63) is 107 Å². The van der Waals surface area contributed by atoms with Gasteiger partial charge in [-0.1, -0.05) is 78.9 Å². The number of carbonyl (C=O) groups is 2. The van der Waals surface area contributed by atoms with Crippen LogP contribution in [0.5, 0.6) is 0 Å². The lowest BCUT2D eigenvalue weighted by Gasteiger charge is -2.32. The molecule has 0 spiro atoms. The van der Waals surface area contributed by atoms with Crippen molar-refractivity contribution < 1.29 is 19.8 Å². The average Bonchev–Trinajstić information content (AvgIpc) is 2.89. The molecule has 0 aromatic heterocycles. The van der Waals surface area contributed by atoms with Gasteiger partial charge >= 0.3 is 5.97 Å². The molecule has 1 unspecified atom stereocenters. The third kappa shape index (κ3) is 4.88. The van der Waals surface area contributed by atoms with Crippen molar-refractivity contribution in [1.29, 1.82) is 0 Å². The summed E-state index contributed by atoms with van der Waals surface area (Å²) in [6.45, 7) is 1.88. The Morgan fingerprint density at radius 2 is 1.53 bits per heavy atom. The van der Waals surface area contributed by atoms with Crippen LogP contribution in [0.2, 0.25) is 0 Å². The summed E-state index contributed by atoms with van der Waals surface area (Å²) in [7, 11) is 0. The average molecular weight is 459 g/mol. The van der Waals surface area contributed by atoms with Crippen molar-refractivity contribution in [2.75, 3.05) is 13.1 Å². The molecule has 1 heterocycles. The van der Waals surface area contributed by atoms with E-state index in [0.29, 0.717) is 31.1 Å². The molecule has 3 aromatic rings. The normalized spacial score (nSPS) is 16.1. The molecule has 0 radical (unpaired) electrons. The molecule has 4 rings (SSSR count). The van der Waals surface area contributed by atoms with Crippen molar-refractivity contribution in [3.8, 4) is 0 Å². The Labute approximate surface area is 199 Å². The molecule has 0 aliphatic carbocycles. The first-order valence-corrected chi connectivity index (χ1v) is 11.6. The highest BCUT2D eigenvalue weighted by molar-refractivity contribution is 5.84. The Morgan fingerprint density at radius 1 is 0.882 bits per heavy atom. The highest BCUT2D eigenvalue weighted by Gasteiger charge is 2.40. The summed E-state index contributed by atoms with van der Waals surface area (Å²) >= 11 is 0. The van der Waals surface area contributed by atoms with E-state index >= 15 is 0 Å². The minimum Gasteiger partial charge on any atom is -0.479 e. The van der Waals surface area contributed by atoms with Gasteiger partial charge in [-0.3, -0.25) is 4.79 Å². The quantitative estimate of drug-likeness (QED) is 0.503. The fourth-order valence-corrected chi connectivity index (χ4v) is 4.72. The van der Waals surface area contributed by atoms with Crippen LogP contribution in [0.3, 0.4) is 0 Å². The van der Waals surface area contributed by atoms with Crippen LogP contribution in [0.25, 0.3) is 0 Å². The van der Waals surface area contributed by atoms with Gasteiger partial charge in [0, 0.05) is 19.6 Å². The van der Waals surface area contributed by atoms with Gasteiger partial charge in [0.15, 0.2) is 0 Å². The number of carboxylic acid groups (broad SMARTS) is 1. The highest BCUT2D eigenvalue weighted by atomic mass is 16.4. The van der Waals surface area contributed by atoms with E-state index in [4.69, 9.17) is 5.73 Å². The van der Waals surface area contributed by atoms with Gasteiger partial charge in [0.05, 0.1) is 6.42 Å². The first kappa shape index (κ1) is 23.7. The van der Waals surface area contributed by atoms with E-state index in [1.807, 2.05) is 17.0 Å². The highest BCUT2D eigenvalue weighted by Crippen LogP contribution is 2.31. The van der Waals surface area contributed by atoms with Crippen LogP contribution in [0.15, 0.2) is 78.9 Å². The molecule has 1 aliphatic rings. The van der Waals surface area contributed by atoms with E-state index in [1.54, 1.807) is 54.6 Å². The molecule has 176 valence electrons. The van der Waals surface area contributed by atoms with Crippen LogP contribution in [-0.4, -0.2) is 40.1 Å². The number of carboxylic acids is 1. The number of carbonyl (C=O) groups excluding carboxylic acids is 1. The van der Waals surface area contributed by atoms with Crippen molar-refractivity contribution in [3.63, 3.8) is 0 Å². The zero-order valence-corrected chi connectivity index (χ0v) is 19.1. The molecule has 34 heavy (non-hydrogen) atoms. The van der Waals surface area contributed by atoms with E-state index in [2.05, 4.69) is 12.1 Å². The van der Waals surface area contributed by atoms with E-state index in [9.17, 15) is 19.8 Å². The van der Waals surface area contributed by atoms with E-state index in [0.717, 1.165) is 18.4 Å².